The Labute approximate surface area is 221 Å². The average molecular weight is 519 g/mol. The van der Waals surface area contributed by atoms with E-state index in [2.05, 4.69) is 37.6 Å². The van der Waals surface area contributed by atoms with Crippen LogP contribution < -0.4 is 15.4 Å². The van der Waals surface area contributed by atoms with Crippen molar-refractivity contribution in [3.8, 4) is 17.1 Å². The number of anilines is 1. The van der Waals surface area contributed by atoms with E-state index < -0.39 is 0 Å². The maximum atomic E-state index is 11.6. The number of nitrogens with one attached hydrogen (secondary N) is 3. The summed E-state index contributed by atoms with van der Waals surface area (Å²) in [6.45, 7) is 2.94. The highest BCUT2D eigenvalue weighted by molar-refractivity contribution is 6.34. The van der Waals surface area contributed by atoms with Gasteiger partial charge in [0.05, 0.1) is 30.4 Å². The molecule has 2 aromatic heterocycles. The molecule has 37 heavy (non-hydrogen) atoms. The molecule has 0 spiro atoms. The monoisotopic (exact) mass is 518 g/mol. The number of rotatable bonds is 8. The van der Waals surface area contributed by atoms with Crippen LogP contribution in [-0.2, 0) is 17.8 Å². The first-order chi connectivity index (χ1) is 18.0. The Morgan fingerprint density at radius 3 is 2.49 bits per heavy atom. The molecule has 9 heteroatoms. The number of hydrogen-bond acceptors (Lipinski definition) is 6. The van der Waals surface area contributed by atoms with Gasteiger partial charge in [-0.25, -0.2) is 9.97 Å². The van der Waals surface area contributed by atoms with Crippen molar-refractivity contribution in [2.24, 2.45) is 0 Å². The number of nitrogens with zero attached hydrogens (tertiary/aromatic N) is 3. The topological polar surface area (TPSA) is 95.2 Å². The number of piperidine rings is 1. The number of likely N-dealkylation sites (tertiary alicyclic amines) is 1. The Hall–Kier alpha value is -3.62. The standard InChI is InChI=1S/C28H31ClN6O2/c1-30-24(36)15-18-3-7-20(8-4-18)27-33-26-25(23(29)16-31-28(26)34-27)32-21-11-13-35(14-12-21)17-19-5-9-22(37-2)10-6-19/h3-10,16,21H,11-15,17H2,1-2H3,(H,30,36)(H2,31,32,33,34). The van der Waals surface area contributed by atoms with E-state index in [1.54, 1.807) is 20.4 Å². The number of benzene rings is 2. The van der Waals surface area contributed by atoms with Gasteiger partial charge in [0.15, 0.2) is 5.65 Å². The number of methoxy groups -OCH3 is 1. The van der Waals surface area contributed by atoms with Crippen molar-refractivity contribution in [1.82, 2.24) is 25.2 Å². The molecule has 3 N–H and O–H groups in total. The number of halogens is 1. The van der Waals surface area contributed by atoms with E-state index in [9.17, 15) is 4.79 Å². The number of fused-ring (bicyclic) bond motifs is 1. The maximum Gasteiger partial charge on any atom is 0.224 e. The van der Waals surface area contributed by atoms with Crippen molar-refractivity contribution in [3.05, 3.63) is 70.9 Å². The van der Waals surface area contributed by atoms with Gasteiger partial charge in [-0.15, -0.1) is 0 Å². The predicted molar refractivity (Wildman–Crippen MR) is 147 cm³/mol. The molecule has 192 valence electrons. The van der Waals surface area contributed by atoms with Gasteiger partial charge in [-0.05, 0) is 36.1 Å². The van der Waals surface area contributed by atoms with Crippen LogP contribution in [0.1, 0.15) is 24.0 Å². The number of imidazole rings is 1. The lowest BCUT2D eigenvalue weighted by molar-refractivity contribution is -0.119. The molecule has 4 aromatic rings. The summed E-state index contributed by atoms with van der Waals surface area (Å²) < 4.78 is 5.26. The summed E-state index contributed by atoms with van der Waals surface area (Å²) >= 11 is 6.58. The molecule has 1 amide bonds. The van der Waals surface area contributed by atoms with E-state index in [-0.39, 0.29) is 5.91 Å². The van der Waals surface area contributed by atoms with E-state index in [0.29, 0.717) is 29.0 Å². The molecule has 5 rings (SSSR count). The van der Waals surface area contributed by atoms with E-state index in [0.717, 1.165) is 60.6 Å². The summed E-state index contributed by atoms with van der Waals surface area (Å²) in [5, 5.41) is 6.86. The van der Waals surface area contributed by atoms with E-state index in [1.165, 1.54) is 5.56 Å². The molecular weight excluding hydrogens is 488 g/mol. The second kappa shape index (κ2) is 11.2. The third kappa shape index (κ3) is 5.87. The zero-order valence-electron chi connectivity index (χ0n) is 21.1. The van der Waals surface area contributed by atoms with Gasteiger partial charge in [0.25, 0.3) is 0 Å². The third-order valence-electron chi connectivity index (χ3n) is 6.84. The van der Waals surface area contributed by atoms with E-state index >= 15 is 0 Å². The third-order valence-corrected chi connectivity index (χ3v) is 7.13. The van der Waals surface area contributed by atoms with Crippen LogP contribution >= 0.6 is 11.6 Å². The Morgan fingerprint density at radius 2 is 1.81 bits per heavy atom. The fourth-order valence-corrected chi connectivity index (χ4v) is 4.88. The zero-order chi connectivity index (χ0) is 25.8. The number of aromatic nitrogens is 3. The Kier molecular flexibility index (Phi) is 7.58. The Balaban J connectivity index is 1.25. The maximum absolute atomic E-state index is 11.6. The summed E-state index contributed by atoms with van der Waals surface area (Å²) in [6.07, 6.45) is 4.04. The van der Waals surface area contributed by atoms with Crippen LogP contribution in [-0.4, -0.2) is 59.0 Å². The lowest BCUT2D eigenvalue weighted by atomic mass is 10.0. The molecule has 0 atom stereocenters. The zero-order valence-corrected chi connectivity index (χ0v) is 21.8. The first kappa shape index (κ1) is 25.0. The van der Waals surface area contributed by atoms with Crippen LogP contribution in [0.4, 0.5) is 5.69 Å². The van der Waals surface area contributed by atoms with Gasteiger partial charge in [0.1, 0.15) is 17.1 Å². The minimum atomic E-state index is -0.0161. The molecule has 2 aromatic carbocycles. The number of carbonyl (C=O) groups excluding carboxylic acids is 1. The largest absolute Gasteiger partial charge is 0.497 e. The minimum Gasteiger partial charge on any atom is -0.497 e. The van der Waals surface area contributed by atoms with E-state index in [1.807, 2.05) is 36.4 Å². The molecule has 3 heterocycles. The van der Waals surface area contributed by atoms with Crippen molar-refractivity contribution < 1.29 is 9.53 Å². The molecule has 0 saturated carbocycles. The van der Waals surface area contributed by atoms with Crippen LogP contribution in [0.15, 0.2) is 54.7 Å². The van der Waals surface area contributed by atoms with Crippen molar-refractivity contribution in [2.75, 3.05) is 32.6 Å². The summed E-state index contributed by atoms with van der Waals surface area (Å²) in [4.78, 5) is 26.7. The highest BCUT2D eigenvalue weighted by Gasteiger charge is 2.22. The van der Waals surface area contributed by atoms with Gasteiger partial charge in [0, 0.05) is 38.3 Å². The molecule has 1 aliphatic rings. The number of likely N-dealkylation sites (N-methyl/N-ethyl adjacent to an activating group) is 1. The highest BCUT2D eigenvalue weighted by Crippen LogP contribution is 2.32. The number of carbonyl (C=O) groups is 1. The quantitative estimate of drug-likeness (QED) is 0.314. The van der Waals surface area contributed by atoms with Gasteiger partial charge in [-0.3, -0.25) is 9.69 Å². The first-order valence-electron chi connectivity index (χ1n) is 12.5. The van der Waals surface area contributed by atoms with Crippen molar-refractivity contribution >= 4 is 34.4 Å². The number of H-pyrrole nitrogens is 1. The van der Waals surface area contributed by atoms with Gasteiger partial charge in [-0.2, -0.15) is 0 Å². The van der Waals surface area contributed by atoms with Gasteiger partial charge in [0.2, 0.25) is 5.91 Å². The van der Waals surface area contributed by atoms with E-state index in [4.69, 9.17) is 21.3 Å². The SMILES string of the molecule is CNC(=O)Cc1ccc(-c2nc3c(NC4CCN(Cc5ccc(OC)cc5)CC4)c(Cl)cnc3[nH]2)cc1. The second-order valence-electron chi connectivity index (χ2n) is 9.35. The number of hydrogen-bond donors (Lipinski definition) is 3. The number of aromatic amines is 1. The smallest absolute Gasteiger partial charge is 0.224 e. The summed E-state index contributed by atoms with van der Waals surface area (Å²) in [5.74, 6) is 1.58. The van der Waals surface area contributed by atoms with Crippen LogP contribution in [0.3, 0.4) is 0 Å². The molecule has 0 aliphatic carbocycles. The van der Waals surface area contributed by atoms with Crippen molar-refractivity contribution in [2.45, 2.75) is 31.8 Å². The fraction of sp³-hybridized carbons (Fsp3) is 0.321. The summed E-state index contributed by atoms with van der Waals surface area (Å²) in [6, 6.07) is 16.4. The first-order valence-corrected chi connectivity index (χ1v) is 12.9. The molecule has 1 fully saturated rings. The van der Waals surface area contributed by atoms with Crippen LogP contribution in [0.5, 0.6) is 5.75 Å². The van der Waals surface area contributed by atoms with Gasteiger partial charge >= 0.3 is 0 Å². The Bertz CT molecular complexity index is 1360. The molecule has 0 bridgehead atoms. The number of pyridine rings is 1. The molecule has 0 radical (unpaired) electrons. The molecular formula is C28H31ClN6O2. The normalized spacial score (nSPS) is 14.6. The lowest BCUT2D eigenvalue weighted by Crippen LogP contribution is -2.38. The van der Waals surface area contributed by atoms with Crippen LogP contribution in [0, 0.1) is 0 Å². The molecule has 0 unspecified atom stereocenters. The van der Waals surface area contributed by atoms with Crippen molar-refractivity contribution in [3.63, 3.8) is 0 Å². The van der Waals surface area contributed by atoms with Crippen LogP contribution in [0.2, 0.25) is 5.02 Å². The Morgan fingerprint density at radius 1 is 1.11 bits per heavy atom. The van der Waals surface area contributed by atoms with Gasteiger partial charge < -0.3 is 20.4 Å². The van der Waals surface area contributed by atoms with Crippen LogP contribution in [0.25, 0.3) is 22.6 Å². The van der Waals surface area contributed by atoms with Crippen molar-refractivity contribution in [1.29, 1.82) is 0 Å². The second-order valence-corrected chi connectivity index (χ2v) is 9.76. The molecule has 1 aliphatic heterocycles. The minimum absolute atomic E-state index is 0.0161. The lowest BCUT2D eigenvalue weighted by Gasteiger charge is -2.33. The summed E-state index contributed by atoms with van der Waals surface area (Å²) in [5.41, 5.74) is 5.40. The highest BCUT2D eigenvalue weighted by atomic mass is 35.5. The average Bonchev–Trinajstić information content (AvgIpc) is 3.37. The number of amides is 1. The predicted octanol–water partition coefficient (Wildman–Crippen LogP) is 4.65. The fourth-order valence-electron chi connectivity index (χ4n) is 4.69. The number of ether oxygens (including phenoxy) is 1. The molecule has 8 nitrogen and oxygen atoms in total. The van der Waals surface area contributed by atoms with Gasteiger partial charge in [-0.1, -0.05) is 48.0 Å². The molecule has 1 saturated heterocycles. The summed E-state index contributed by atoms with van der Waals surface area (Å²) in [7, 11) is 3.33.